The standard InChI is InChI=1S/C14H12F2N2O4/c15-9-2-3-11(10(16)5-9)22-7-12-17-6-8(14(21)18-12)1-4-13(19)20/h2-3,5-6H,1,4,7H2,(H,19,20)(H,17,18,21). The number of hydrogen-bond donors (Lipinski definition) is 2. The number of rotatable bonds is 6. The van der Waals surface area contributed by atoms with Crippen LogP contribution in [-0.4, -0.2) is 21.0 Å². The molecule has 0 aliphatic heterocycles. The maximum atomic E-state index is 13.4. The van der Waals surface area contributed by atoms with Crippen molar-refractivity contribution in [3.63, 3.8) is 0 Å². The maximum Gasteiger partial charge on any atom is 0.303 e. The summed E-state index contributed by atoms with van der Waals surface area (Å²) < 4.78 is 31.2. The van der Waals surface area contributed by atoms with Crippen molar-refractivity contribution in [3.8, 4) is 5.75 Å². The van der Waals surface area contributed by atoms with Crippen LogP contribution in [-0.2, 0) is 17.8 Å². The number of carboxylic acids is 1. The van der Waals surface area contributed by atoms with Crippen LogP contribution in [0, 0.1) is 11.6 Å². The molecule has 8 heteroatoms. The van der Waals surface area contributed by atoms with Crippen LogP contribution in [0.25, 0.3) is 0 Å². The van der Waals surface area contributed by atoms with Crippen molar-refractivity contribution in [1.82, 2.24) is 9.97 Å². The molecule has 6 nitrogen and oxygen atoms in total. The van der Waals surface area contributed by atoms with Crippen molar-refractivity contribution in [1.29, 1.82) is 0 Å². The number of hydrogen-bond acceptors (Lipinski definition) is 4. The molecule has 2 N–H and O–H groups in total. The highest BCUT2D eigenvalue weighted by molar-refractivity contribution is 5.67. The fraction of sp³-hybridized carbons (Fsp3) is 0.214. The summed E-state index contributed by atoms with van der Waals surface area (Å²) in [6, 6.07) is 2.86. The van der Waals surface area contributed by atoms with Crippen LogP contribution in [0.15, 0.2) is 29.2 Å². The molecular formula is C14H12F2N2O4. The quantitative estimate of drug-likeness (QED) is 0.846. The van der Waals surface area contributed by atoms with Crippen LogP contribution in [0.3, 0.4) is 0 Å². The van der Waals surface area contributed by atoms with Gasteiger partial charge in [0.15, 0.2) is 11.6 Å². The van der Waals surface area contributed by atoms with Gasteiger partial charge in [-0.25, -0.2) is 13.8 Å². The average molecular weight is 310 g/mol. The van der Waals surface area contributed by atoms with E-state index in [1.165, 1.54) is 6.20 Å². The van der Waals surface area contributed by atoms with Gasteiger partial charge in [0, 0.05) is 24.2 Å². The summed E-state index contributed by atoms with van der Waals surface area (Å²) in [5, 5.41) is 8.56. The Morgan fingerprint density at radius 2 is 2.14 bits per heavy atom. The molecule has 0 saturated carbocycles. The van der Waals surface area contributed by atoms with Crippen LogP contribution in [0.1, 0.15) is 17.8 Å². The Bertz CT molecular complexity index is 746. The van der Waals surface area contributed by atoms with Crippen LogP contribution in [0.4, 0.5) is 8.78 Å². The summed E-state index contributed by atoms with van der Waals surface area (Å²) >= 11 is 0. The Labute approximate surface area is 123 Å². The first-order valence-electron chi connectivity index (χ1n) is 6.32. The van der Waals surface area contributed by atoms with E-state index in [1.807, 2.05) is 0 Å². The fourth-order valence-corrected chi connectivity index (χ4v) is 1.69. The zero-order chi connectivity index (χ0) is 16.1. The molecule has 0 fully saturated rings. The largest absolute Gasteiger partial charge is 0.483 e. The first kappa shape index (κ1) is 15.6. The van der Waals surface area contributed by atoms with Gasteiger partial charge in [-0.05, 0) is 18.6 Å². The summed E-state index contributed by atoms with van der Waals surface area (Å²) in [6.45, 7) is -0.211. The van der Waals surface area contributed by atoms with Crippen LogP contribution < -0.4 is 10.3 Å². The van der Waals surface area contributed by atoms with Gasteiger partial charge in [-0.1, -0.05) is 0 Å². The van der Waals surface area contributed by atoms with Crippen molar-refractivity contribution >= 4 is 5.97 Å². The molecule has 0 bridgehead atoms. The van der Waals surface area contributed by atoms with E-state index in [0.29, 0.717) is 6.07 Å². The van der Waals surface area contributed by atoms with Gasteiger partial charge in [-0.2, -0.15) is 0 Å². The smallest absolute Gasteiger partial charge is 0.303 e. The Kier molecular flexibility index (Phi) is 4.82. The second-order valence-electron chi connectivity index (χ2n) is 4.44. The maximum absolute atomic E-state index is 13.4. The van der Waals surface area contributed by atoms with E-state index < -0.39 is 23.2 Å². The number of H-pyrrole nitrogens is 1. The molecule has 0 radical (unpaired) electrons. The topological polar surface area (TPSA) is 92.3 Å². The van der Waals surface area contributed by atoms with Crippen molar-refractivity contribution < 1.29 is 23.4 Å². The van der Waals surface area contributed by atoms with Gasteiger partial charge in [0.1, 0.15) is 18.2 Å². The SMILES string of the molecule is O=C(O)CCc1cnc(COc2ccc(F)cc2F)[nH]c1=O. The Hall–Kier alpha value is -2.77. The number of halogens is 2. The van der Waals surface area contributed by atoms with Crippen LogP contribution in [0.5, 0.6) is 5.75 Å². The normalized spacial score (nSPS) is 10.5. The van der Waals surface area contributed by atoms with Gasteiger partial charge in [0.25, 0.3) is 5.56 Å². The number of aromatic nitrogens is 2. The van der Waals surface area contributed by atoms with E-state index in [9.17, 15) is 18.4 Å². The van der Waals surface area contributed by atoms with E-state index in [0.717, 1.165) is 12.1 Å². The molecule has 0 saturated heterocycles. The monoisotopic (exact) mass is 310 g/mol. The lowest BCUT2D eigenvalue weighted by Crippen LogP contribution is -2.18. The molecule has 2 rings (SSSR count). The van der Waals surface area contributed by atoms with Gasteiger partial charge < -0.3 is 14.8 Å². The number of aliphatic carboxylic acids is 1. The average Bonchev–Trinajstić information content (AvgIpc) is 2.45. The number of aromatic amines is 1. The van der Waals surface area contributed by atoms with E-state index in [4.69, 9.17) is 9.84 Å². The first-order chi connectivity index (χ1) is 10.5. The van der Waals surface area contributed by atoms with E-state index in [2.05, 4.69) is 9.97 Å². The molecule has 1 heterocycles. The Morgan fingerprint density at radius 1 is 1.36 bits per heavy atom. The summed E-state index contributed by atoms with van der Waals surface area (Å²) in [5.74, 6) is -2.62. The fourth-order valence-electron chi connectivity index (χ4n) is 1.69. The van der Waals surface area contributed by atoms with E-state index in [-0.39, 0.29) is 36.6 Å². The third-order valence-corrected chi connectivity index (χ3v) is 2.79. The van der Waals surface area contributed by atoms with Gasteiger partial charge >= 0.3 is 5.97 Å². The second kappa shape index (κ2) is 6.79. The predicted octanol–water partition coefficient (Wildman–Crippen LogP) is 1.64. The van der Waals surface area contributed by atoms with E-state index in [1.54, 1.807) is 0 Å². The molecule has 1 aromatic carbocycles. The molecule has 0 aliphatic carbocycles. The predicted molar refractivity (Wildman–Crippen MR) is 71.5 cm³/mol. The molecule has 2 aromatic rings. The van der Waals surface area contributed by atoms with Crippen LogP contribution in [0.2, 0.25) is 0 Å². The first-order valence-corrected chi connectivity index (χ1v) is 6.32. The van der Waals surface area contributed by atoms with Crippen molar-refractivity contribution in [2.45, 2.75) is 19.4 Å². The second-order valence-corrected chi connectivity index (χ2v) is 4.44. The third kappa shape index (κ3) is 4.11. The number of nitrogens with zero attached hydrogens (tertiary/aromatic N) is 1. The number of aryl methyl sites for hydroxylation is 1. The molecule has 0 spiro atoms. The molecule has 0 aliphatic rings. The van der Waals surface area contributed by atoms with Crippen molar-refractivity contribution in [2.75, 3.05) is 0 Å². The van der Waals surface area contributed by atoms with Gasteiger partial charge in [0.05, 0.1) is 0 Å². The lowest BCUT2D eigenvalue weighted by molar-refractivity contribution is -0.136. The zero-order valence-corrected chi connectivity index (χ0v) is 11.3. The Morgan fingerprint density at radius 3 is 2.77 bits per heavy atom. The minimum absolute atomic E-state index is 0.0609. The zero-order valence-electron chi connectivity index (χ0n) is 11.3. The van der Waals surface area contributed by atoms with Crippen molar-refractivity contribution in [2.24, 2.45) is 0 Å². The number of benzene rings is 1. The molecule has 116 valence electrons. The highest BCUT2D eigenvalue weighted by Crippen LogP contribution is 2.18. The highest BCUT2D eigenvalue weighted by Gasteiger charge is 2.08. The van der Waals surface area contributed by atoms with Gasteiger partial charge in [-0.3, -0.25) is 9.59 Å². The minimum Gasteiger partial charge on any atom is -0.483 e. The third-order valence-electron chi connectivity index (χ3n) is 2.79. The van der Waals surface area contributed by atoms with Gasteiger partial charge in [-0.15, -0.1) is 0 Å². The molecular weight excluding hydrogens is 298 g/mol. The lowest BCUT2D eigenvalue weighted by atomic mass is 10.2. The molecule has 0 unspecified atom stereocenters. The molecule has 22 heavy (non-hydrogen) atoms. The number of carbonyl (C=O) groups is 1. The lowest BCUT2D eigenvalue weighted by Gasteiger charge is -2.07. The molecule has 1 aromatic heterocycles. The molecule has 0 amide bonds. The molecule has 0 atom stereocenters. The summed E-state index contributed by atoms with van der Waals surface area (Å²) in [5.41, 5.74) is -0.242. The summed E-state index contributed by atoms with van der Waals surface area (Å²) in [4.78, 5) is 28.5. The number of ether oxygens (including phenoxy) is 1. The number of carboxylic acid groups (broad SMARTS) is 1. The highest BCUT2D eigenvalue weighted by atomic mass is 19.1. The minimum atomic E-state index is -1.02. The summed E-state index contributed by atoms with van der Waals surface area (Å²) in [6.07, 6.45) is 1.13. The van der Waals surface area contributed by atoms with E-state index >= 15 is 0 Å². The van der Waals surface area contributed by atoms with Crippen molar-refractivity contribution in [3.05, 3.63) is 57.8 Å². The summed E-state index contributed by atoms with van der Waals surface area (Å²) in [7, 11) is 0. The van der Waals surface area contributed by atoms with Gasteiger partial charge in [0.2, 0.25) is 0 Å². The van der Waals surface area contributed by atoms with Crippen LogP contribution >= 0.6 is 0 Å². The Balaban J connectivity index is 2.03. The number of nitrogens with one attached hydrogen (secondary N) is 1.